The number of nitrogen functional groups attached to an aromatic ring is 1. The number of nitrogens with one attached hydrogen (secondary N) is 2. The summed E-state index contributed by atoms with van der Waals surface area (Å²) >= 11 is 0. The Hall–Kier alpha value is -2.61. The number of ether oxygens (including phenoxy) is 1. The van der Waals surface area contributed by atoms with E-state index >= 15 is 0 Å². The molecule has 0 bridgehead atoms. The maximum absolute atomic E-state index is 12.4. The Bertz CT molecular complexity index is 824. The van der Waals surface area contributed by atoms with Gasteiger partial charge in [-0.1, -0.05) is 6.07 Å². The van der Waals surface area contributed by atoms with Crippen LogP contribution in [0.3, 0.4) is 0 Å². The molecule has 1 aliphatic rings. The van der Waals surface area contributed by atoms with Crippen LogP contribution < -0.4 is 11.3 Å². The number of nitrogens with zero attached hydrogens (tertiary/aromatic N) is 2. The van der Waals surface area contributed by atoms with Gasteiger partial charge >= 0.3 is 6.09 Å². The largest absolute Gasteiger partial charge is 0.444 e. The number of fused-ring (bicyclic) bond motifs is 1. The van der Waals surface area contributed by atoms with Crippen molar-refractivity contribution in [1.82, 2.24) is 20.3 Å². The van der Waals surface area contributed by atoms with E-state index < -0.39 is 5.60 Å². The lowest BCUT2D eigenvalue weighted by Crippen LogP contribution is -2.42. The highest BCUT2D eigenvalue weighted by molar-refractivity contribution is 6.04. The summed E-state index contributed by atoms with van der Waals surface area (Å²) in [5.41, 5.74) is 3.40. The van der Waals surface area contributed by atoms with Gasteiger partial charge in [0.05, 0.1) is 11.1 Å². The first-order chi connectivity index (χ1) is 12.3. The fraction of sp³-hybridized carbons (Fsp3) is 0.500. The number of hydrogen-bond acceptors (Lipinski definition) is 5. The van der Waals surface area contributed by atoms with Crippen LogP contribution in [0.1, 0.15) is 55.7 Å². The van der Waals surface area contributed by atoms with Gasteiger partial charge in [-0.15, -0.1) is 0 Å². The van der Waals surface area contributed by atoms with Gasteiger partial charge in [-0.25, -0.2) is 15.6 Å². The number of para-hydroxylation sites is 1. The quantitative estimate of drug-likeness (QED) is 0.432. The molecule has 1 aromatic carbocycles. The first kappa shape index (κ1) is 18.2. The molecule has 0 saturated carbocycles. The minimum atomic E-state index is -0.520. The van der Waals surface area contributed by atoms with Crippen LogP contribution in [0, 0.1) is 0 Å². The van der Waals surface area contributed by atoms with E-state index in [2.05, 4.69) is 15.4 Å². The average molecular weight is 359 g/mol. The number of imidazole rings is 1. The van der Waals surface area contributed by atoms with Crippen LogP contribution in [0.4, 0.5) is 4.79 Å². The average Bonchev–Trinajstić information content (AvgIpc) is 3.04. The highest BCUT2D eigenvalue weighted by Gasteiger charge is 2.30. The van der Waals surface area contributed by atoms with Crippen molar-refractivity contribution in [2.45, 2.75) is 45.1 Å². The van der Waals surface area contributed by atoms with Crippen LogP contribution >= 0.6 is 0 Å². The molecular weight excluding hydrogens is 334 g/mol. The molecule has 1 unspecified atom stereocenters. The van der Waals surface area contributed by atoms with Gasteiger partial charge in [0.15, 0.2) is 0 Å². The van der Waals surface area contributed by atoms with E-state index in [9.17, 15) is 9.59 Å². The molecule has 2 amide bonds. The molecule has 1 aromatic heterocycles. The van der Waals surface area contributed by atoms with E-state index in [0.717, 1.165) is 24.2 Å². The summed E-state index contributed by atoms with van der Waals surface area (Å²) in [5.74, 6) is 5.71. The second-order valence-corrected chi connectivity index (χ2v) is 7.56. The number of nitrogens with two attached hydrogens (primary N) is 1. The summed E-state index contributed by atoms with van der Waals surface area (Å²) in [6, 6.07) is 5.33. The van der Waals surface area contributed by atoms with E-state index in [-0.39, 0.29) is 17.9 Å². The maximum atomic E-state index is 12.4. The molecule has 3 rings (SSSR count). The summed E-state index contributed by atoms with van der Waals surface area (Å²) in [6.07, 6.45) is 1.48. The minimum Gasteiger partial charge on any atom is -0.444 e. The third-order valence-electron chi connectivity index (χ3n) is 4.37. The lowest BCUT2D eigenvalue weighted by molar-refractivity contribution is 0.0196. The van der Waals surface area contributed by atoms with E-state index in [1.165, 1.54) is 0 Å². The molecule has 8 heteroatoms. The second-order valence-electron chi connectivity index (χ2n) is 7.56. The van der Waals surface area contributed by atoms with Gasteiger partial charge in [0, 0.05) is 19.0 Å². The van der Waals surface area contributed by atoms with Crippen molar-refractivity contribution >= 4 is 23.0 Å². The van der Waals surface area contributed by atoms with Crippen molar-refractivity contribution in [2.24, 2.45) is 5.84 Å². The Morgan fingerprint density at radius 1 is 1.38 bits per heavy atom. The van der Waals surface area contributed by atoms with Crippen molar-refractivity contribution in [1.29, 1.82) is 0 Å². The number of aromatic nitrogens is 2. The Morgan fingerprint density at radius 2 is 2.15 bits per heavy atom. The van der Waals surface area contributed by atoms with E-state index in [1.807, 2.05) is 26.8 Å². The van der Waals surface area contributed by atoms with Crippen LogP contribution in [0.2, 0.25) is 0 Å². The number of aromatic amines is 1. The van der Waals surface area contributed by atoms with Crippen LogP contribution in [0.5, 0.6) is 0 Å². The Morgan fingerprint density at radius 3 is 2.85 bits per heavy atom. The standard InChI is InChI=1S/C18H25N5O3/c1-18(2,3)26-17(25)23-9-5-6-11(10-23)15-20-13-8-4-7-12(14(13)21-15)16(24)22-19/h4,7-8,11H,5-6,9-10,19H2,1-3H3,(H,20,21)(H,22,24). The third-order valence-corrected chi connectivity index (χ3v) is 4.37. The Kier molecular flexibility index (Phi) is 4.86. The smallest absolute Gasteiger partial charge is 0.410 e. The predicted molar refractivity (Wildman–Crippen MR) is 97.5 cm³/mol. The zero-order chi connectivity index (χ0) is 18.9. The van der Waals surface area contributed by atoms with Crippen molar-refractivity contribution in [2.75, 3.05) is 13.1 Å². The second kappa shape index (κ2) is 6.95. The first-order valence-corrected chi connectivity index (χ1v) is 8.76. The van der Waals surface area contributed by atoms with Crippen LogP contribution in [0.15, 0.2) is 18.2 Å². The number of benzene rings is 1. The number of likely N-dealkylation sites (tertiary alicyclic amines) is 1. The molecule has 140 valence electrons. The van der Waals surface area contributed by atoms with Crippen LogP contribution in [-0.4, -0.2) is 45.6 Å². The maximum Gasteiger partial charge on any atom is 0.410 e. The molecule has 1 aliphatic heterocycles. The van der Waals surface area contributed by atoms with Gasteiger partial charge in [-0.05, 0) is 45.7 Å². The minimum absolute atomic E-state index is 0.0671. The Labute approximate surface area is 152 Å². The zero-order valence-corrected chi connectivity index (χ0v) is 15.3. The fourth-order valence-electron chi connectivity index (χ4n) is 3.20. The lowest BCUT2D eigenvalue weighted by Gasteiger charge is -2.33. The molecular formula is C18H25N5O3. The molecule has 1 atom stereocenters. The molecule has 4 N–H and O–H groups in total. The van der Waals surface area contributed by atoms with Crippen molar-refractivity contribution in [3.05, 3.63) is 29.6 Å². The monoisotopic (exact) mass is 359 g/mol. The summed E-state index contributed by atoms with van der Waals surface area (Å²) in [7, 11) is 0. The molecule has 8 nitrogen and oxygen atoms in total. The number of hydrazine groups is 1. The number of H-pyrrole nitrogens is 1. The highest BCUT2D eigenvalue weighted by atomic mass is 16.6. The highest BCUT2D eigenvalue weighted by Crippen LogP contribution is 2.28. The molecule has 2 aromatic rings. The molecule has 1 fully saturated rings. The van der Waals surface area contributed by atoms with Gasteiger partial charge < -0.3 is 14.6 Å². The number of carbonyl (C=O) groups excluding carboxylic acids is 2. The number of carbonyl (C=O) groups is 2. The SMILES string of the molecule is CC(C)(C)OC(=O)N1CCCC(c2nc3c(C(=O)NN)cccc3[nH]2)C1. The molecule has 26 heavy (non-hydrogen) atoms. The van der Waals surface area contributed by atoms with E-state index in [0.29, 0.717) is 24.2 Å². The molecule has 0 radical (unpaired) electrons. The summed E-state index contributed by atoms with van der Waals surface area (Å²) in [5, 5.41) is 0. The van der Waals surface area contributed by atoms with Gasteiger partial charge in [-0.3, -0.25) is 10.2 Å². The summed E-state index contributed by atoms with van der Waals surface area (Å²) < 4.78 is 5.48. The Balaban J connectivity index is 1.82. The van der Waals surface area contributed by atoms with Gasteiger partial charge in [-0.2, -0.15) is 0 Å². The number of rotatable bonds is 2. The number of piperidine rings is 1. The molecule has 2 heterocycles. The van der Waals surface area contributed by atoms with Crippen LogP contribution in [0.25, 0.3) is 11.0 Å². The van der Waals surface area contributed by atoms with E-state index in [1.54, 1.807) is 17.0 Å². The van der Waals surface area contributed by atoms with Crippen molar-refractivity contribution in [3.63, 3.8) is 0 Å². The topological polar surface area (TPSA) is 113 Å². The van der Waals surface area contributed by atoms with Crippen LogP contribution in [-0.2, 0) is 4.74 Å². The van der Waals surface area contributed by atoms with E-state index in [4.69, 9.17) is 10.6 Å². The first-order valence-electron chi connectivity index (χ1n) is 8.76. The zero-order valence-electron chi connectivity index (χ0n) is 15.3. The van der Waals surface area contributed by atoms with Crippen molar-refractivity contribution < 1.29 is 14.3 Å². The van der Waals surface area contributed by atoms with Gasteiger partial charge in [0.25, 0.3) is 5.91 Å². The molecule has 1 saturated heterocycles. The molecule has 0 aliphatic carbocycles. The molecule has 0 spiro atoms. The van der Waals surface area contributed by atoms with Gasteiger partial charge in [0.1, 0.15) is 16.9 Å². The fourth-order valence-corrected chi connectivity index (χ4v) is 3.20. The normalized spacial score (nSPS) is 18.0. The van der Waals surface area contributed by atoms with Gasteiger partial charge in [0.2, 0.25) is 0 Å². The number of hydrogen-bond donors (Lipinski definition) is 3. The summed E-state index contributed by atoms with van der Waals surface area (Å²) in [6.45, 7) is 6.78. The van der Waals surface area contributed by atoms with Crippen molar-refractivity contribution in [3.8, 4) is 0 Å². The lowest BCUT2D eigenvalue weighted by atomic mass is 9.98. The predicted octanol–water partition coefficient (Wildman–Crippen LogP) is 2.28. The summed E-state index contributed by atoms with van der Waals surface area (Å²) in [4.78, 5) is 33.9. The number of amides is 2. The third kappa shape index (κ3) is 3.80.